The van der Waals surface area contributed by atoms with Gasteiger partial charge in [0.2, 0.25) is 0 Å². The van der Waals surface area contributed by atoms with Crippen LogP contribution in [0.2, 0.25) is 5.02 Å². The third-order valence-electron chi connectivity index (χ3n) is 4.14. The Hall–Kier alpha value is -1.53. The molecule has 1 aliphatic rings. The Bertz CT molecular complexity index is 514. The highest BCUT2D eigenvalue weighted by Crippen LogP contribution is 2.29. The number of hydrogen-bond donors (Lipinski definition) is 2. The first kappa shape index (κ1) is 15.9. The lowest BCUT2D eigenvalue weighted by molar-refractivity contribution is 0.220. The van der Waals surface area contributed by atoms with E-state index in [0.29, 0.717) is 22.4 Å². The van der Waals surface area contributed by atoms with E-state index in [4.69, 9.17) is 22.5 Å². The van der Waals surface area contributed by atoms with E-state index in [1.807, 2.05) is 7.05 Å². The minimum Gasteiger partial charge on any atom is -0.409 e. The second-order valence-corrected chi connectivity index (χ2v) is 5.64. The first-order valence-electron chi connectivity index (χ1n) is 7.16. The third kappa shape index (κ3) is 3.39. The molecule has 0 aromatic carbocycles. The molecule has 2 rings (SSSR count). The van der Waals surface area contributed by atoms with Gasteiger partial charge in [-0.2, -0.15) is 0 Å². The molecule has 0 saturated carbocycles. The lowest BCUT2D eigenvalue weighted by atomic mass is 10.0. The molecule has 116 valence electrons. The number of likely N-dealkylation sites (tertiary alicyclic amines) is 1. The van der Waals surface area contributed by atoms with Crippen LogP contribution in [0.1, 0.15) is 25.3 Å². The number of piperidine rings is 1. The van der Waals surface area contributed by atoms with Crippen LogP contribution in [-0.4, -0.2) is 53.7 Å². The van der Waals surface area contributed by atoms with Crippen molar-refractivity contribution in [1.29, 1.82) is 0 Å². The zero-order valence-electron chi connectivity index (χ0n) is 12.5. The number of halogens is 1. The third-order valence-corrected chi connectivity index (χ3v) is 4.51. The number of amidine groups is 1. The van der Waals surface area contributed by atoms with E-state index in [0.717, 1.165) is 32.5 Å². The van der Waals surface area contributed by atoms with Crippen molar-refractivity contribution in [3.63, 3.8) is 0 Å². The average molecular weight is 312 g/mol. The molecular weight excluding hydrogens is 290 g/mol. The largest absolute Gasteiger partial charge is 0.409 e. The molecular formula is C14H22ClN5O. The van der Waals surface area contributed by atoms with Gasteiger partial charge in [-0.25, -0.2) is 4.98 Å². The van der Waals surface area contributed by atoms with Crippen molar-refractivity contribution in [2.45, 2.75) is 25.8 Å². The van der Waals surface area contributed by atoms with Gasteiger partial charge in [0.15, 0.2) is 5.84 Å². The van der Waals surface area contributed by atoms with Crippen molar-refractivity contribution in [2.75, 3.05) is 31.6 Å². The molecule has 0 amide bonds. The zero-order valence-corrected chi connectivity index (χ0v) is 13.2. The van der Waals surface area contributed by atoms with Gasteiger partial charge in [-0.15, -0.1) is 0 Å². The fourth-order valence-corrected chi connectivity index (χ4v) is 3.07. The van der Waals surface area contributed by atoms with E-state index in [-0.39, 0.29) is 5.84 Å². The number of hydrogen-bond acceptors (Lipinski definition) is 5. The number of anilines is 1. The summed E-state index contributed by atoms with van der Waals surface area (Å²) in [5.41, 5.74) is 6.14. The molecule has 1 aliphatic heterocycles. The lowest BCUT2D eigenvalue weighted by Crippen LogP contribution is -2.43. The zero-order chi connectivity index (χ0) is 15.4. The van der Waals surface area contributed by atoms with Gasteiger partial charge < -0.3 is 20.7 Å². The number of rotatable bonds is 4. The molecule has 7 heteroatoms. The van der Waals surface area contributed by atoms with Gasteiger partial charge in [-0.1, -0.05) is 23.7 Å². The molecule has 0 bridgehead atoms. The summed E-state index contributed by atoms with van der Waals surface area (Å²) in [7, 11) is 2.00. The quantitative estimate of drug-likeness (QED) is 0.383. The van der Waals surface area contributed by atoms with Crippen molar-refractivity contribution in [3.8, 4) is 0 Å². The fraction of sp³-hybridized carbons (Fsp3) is 0.571. The maximum atomic E-state index is 8.81. The number of pyridine rings is 1. The maximum absolute atomic E-state index is 8.81. The normalized spacial score (nSPS) is 18.0. The first-order chi connectivity index (χ1) is 10.1. The van der Waals surface area contributed by atoms with Crippen molar-refractivity contribution >= 4 is 23.3 Å². The fourth-order valence-electron chi connectivity index (χ4n) is 2.73. The van der Waals surface area contributed by atoms with Gasteiger partial charge in [0, 0.05) is 37.9 Å². The second kappa shape index (κ2) is 6.95. The van der Waals surface area contributed by atoms with E-state index in [2.05, 4.69) is 26.9 Å². The van der Waals surface area contributed by atoms with Gasteiger partial charge in [0.25, 0.3) is 0 Å². The number of aromatic nitrogens is 1. The number of nitrogens with two attached hydrogens (primary N) is 1. The van der Waals surface area contributed by atoms with Crippen LogP contribution in [0.25, 0.3) is 0 Å². The number of oxime groups is 1. The summed E-state index contributed by atoms with van der Waals surface area (Å²) < 4.78 is 0. The molecule has 6 nitrogen and oxygen atoms in total. The summed E-state index contributed by atoms with van der Waals surface area (Å²) in [6, 6.07) is 2.05. The predicted molar refractivity (Wildman–Crippen MR) is 85.3 cm³/mol. The Morgan fingerprint density at radius 3 is 2.81 bits per heavy atom. The predicted octanol–water partition coefficient (Wildman–Crippen LogP) is 1.75. The summed E-state index contributed by atoms with van der Waals surface area (Å²) in [4.78, 5) is 8.90. The minimum absolute atomic E-state index is 0.00199. The maximum Gasteiger partial charge on any atom is 0.171 e. The molecule has 1 saturated heterocycles. The van der Waals surface area contributed by atoms with Gasteiger partial charge in [-0.05, 0) is 25.5 Å². The van der Waals surface area contributed by atoms with Gasteiger partial charge >= 0.3 is 0 Å². The molecule has 0 atom stereocenters. The molecule has 0 unspecified atom stereocenters. The average Bonchev–Trinajstić information content (AvgIpc) is 2.54. The van der Waals surface area contributed by atoms with Crippen LogP contribution in [0.3, 0.4) is 0 Å². The highest BCUT2D eigenvalue weighted by molar-refractivity contribution is 6.36. The highest BCUT2D eigenvalue weighted by Gasteiger charge is 2.24. The van der Waals surface area contributed by atoms with E-state index in [9.17, 15) is 0 Å². The van der Waals surface area contributed by atoms with Gasteiger partial charge in [-0.3, -0.25) is 0 Å². The van der Waals surface area contributed by atoms with E-state index in [1.54, 1.807) is 12.3 Å². The Kier molecular flexibility index (Phi) is 5.25. The van der Waals surface area contributed by atoms with Crippen LogP contribution in [0.15, 0.2) is 17.4 Å². The number of nitrogens with zero attached hydrogens (tertiary/aromatic N) is 4. The molecule has 1 aromatic heterocycles. The van der Waals surface area contributed by atoms with Crippen LogP contribution in [0.4, 0.5) is 5.82 Å². The monoisotopic (exact) mass is 311 g/mol. The SMILES string of the molecule is CCN1CCC(N(C)c2nccc(/C(N)=N/O)c2Cl)CC1. The van der Waals surface area contributed by atoms with Crippen molar-refractivity contribution in [1.82, 2.24) is 9.88 Å². The Labute approximate surface area is 130 Å². The van der Waals surface area contributed by atoms with Crippen molar-refractivity contribution < 1.29 is 5.21 Å². The summed E-state index contributed by atoms with van der Waals surface area (Å²) in [6.45, 7) is 5.45. The van der Waals surface area contributed by atoms with E-state index in [1.165, 1.54) is 0 Å². The molecule has 3 N–H and O–H groups in total. The van der Waals surface area contributed by atoms with Crippen LogP contribution in [0.5, 0.6) is 0 Å². The van der Waals surface area contributed by atoms with Crippen LogP contribution in [0, 0.1) is 0 Å². The lowest BCUT2D eigenvalue weighted by Gasteiger charge is -2.37. The molecule has 1 fully saturated rings. The summed E-state index contributed by atoms with van der Waals surface area (Å²) in [6.07, 6.45) is 3.79. The summed E-state index contributed by atoms with van der Waals surface area (Å²) >= 11 is 6.37. The Morgan fingerprint density at radius 1 is 1.57 bits per heavy atom. The standard InChI is InChI=1S/C14H22ClN5O/c1-3-20-8-5-10(6-9-20)19(2)14-12(15)11(4-7-17-14)13(16)18-21/h4,7,10,21H,3,5-6,8-9H2,1-2H3,(H2,16,18). The molecule has 0 radical (unpaired) electrons. The topological polar surface area (TPSA) is 78.0 Å². The van der Waals surface area contributed by atoms with Crippen LogP contribution >= 0.6 is 11.6 Å². The van der Waals surface area contributed by atoms with E-state index >= 15 is 0 Å². The highest BCUT2D eigenvalue weighted by atomic mass is 35.5. The van der Waals surface area contributed by atoms with Crippen molar-refractivity contribution in [2.24, 2.45) is 10.9 Å². The molecule has 0 spiro atoms. The molecule has 0 aliphatic carbocycles. The Morgan fingerprint density at radius 2 is 2.24 bits per heavy atom. The second-order valence-electron chi connectivity index (χ2n) is 5.26. The van der Waals surface area contributed by atoms with Crippen molar-refractivity contribution in [3.05, 3.63) is 22.8 Å². The molecule has 2 heterocycles. The van der Waals surface area contributed by atoms with Crippen LogP contribution in [-0.2, 0) is 0 Å². The molecule has 1 aromatic rings. The smallest absolute Gasteiger partial charge is 0.171 e. The van der Waals surface area contributed by atoms with Gasteiger partial charge in [0.05, 0.1) is 5.02 Å². The first-order valence-corrected chi connectivity index (χ1v) is 7.53. The molecule has 21 heavy (non-hydrogen) atoms. The van der Waals surface area contributed by atoms with E-state index < -0.39 is 0 Å². The Balaban J connectivity index is 2.18. The summed E-state index contributed by atoms with van der Waals surface area (Å²) in [5.74, 6) is 0.675. The van der Waals surface area contributed by atoms with Gasteiger partial charge in [0.1, 0.15) is 5.82 Å². The summed E-state index contributed by atoms with van der Waals surface area (Å²) in [5, 5.41) is 12.2. The minimum atomic E-state index is -0.00199. The van der Waals surface area contributed by atoms with Crippen LogP contribution < -0.4 is 10.6 Å².